The second kappa shape index (κ2) is 7.77. The number of carbonyl (C=O) groups excluding carboxylic acids is 2. The minimum absolute atomic E-state index is 0.159. The molecule has 1 aromatic heterocycles. The summed E-state index contributed by atoms with van der Waals surface area (Å²) in [5.41, 5.74) is 1.11. The molecular weight excluding hydrogens is 302 g/mol. The third-order valence-corrected chi connectivity index (χ3v) is 5.43. The first-order valence-corrected chi connectivity index (χ1v) is 9.09. The number of rotatable bonds is 3. The van der Waals surface area contributed by atoms with Crippen molar-refractivity contribution in [1.82, 2.24) is 14.8 Å². The van der Waals surface area contributed by atoms with E-state index in [1.165, 1.54) is 0 Å². The van der Waals surface area contributed by atoms with Crippen molar-refractivity contribution in [1.29, 1.82) is 0 Å². The van der Waals surface area contributed by atoms with Crippen LogP contribution >= 0.6 is 0 Å². The van der Waals surface area contributed by atoms with Gasteiger partial charge in [0.25, 0.3) is 0 Å². The van der Waals surface area contributed by atoms with Crippen LogP contribution < -0.4 is 0 Å². The second-order valence-corrected chi connectivity index (χ2v) is 7.03. The van der Waals surface area contributed by atoms with Crippen molar-refractivity contribution < 1.29 is 9.59 Å². The van der Waals surface area contributed by atoms with Gasteiger partial charge in [-0.3, -0.25) is 14.6 Å². The van der Waals surface area contributed by atoms with Crippen LogP contribution in [0.4, 0.5) is 0 Å². The Morgan fingerprint density at radius 2 is 2.12 bits per heavy atom. The molecule has 2 aliphatic rings. The number of amides is 2. The van der Waals surface area contributed by atoms with Crippen LogP contribution in [0.1, 0.15) is 44.6 Å². The molecule has 2 aliphatic heterocycles. The Labute approximate surface area is 144 Å². The summed E-state index contributed by atoms with van der Waals surface area (Å²) in [5, 5.41) is 0. The number of likely N-dealkylation sites (tertiary alicyclic amines) is 2. The molecule has 2 amide bonds. The van der Waals surface area contributed by atoms with Gasteiger partial charge in [-0.2, -0.15) is 0 Å². The molecule has 0 aromatic carbocycles. The summed E-state index contributed by atoms with van der Waals surface area (Å²) >= 11 is 0. The average molecular weight is 329 g/mol. The van der Waals surface area contributed by atoms with Crippen LogP contribution in [0.5, 0.6) is 0 Å². The van der Waals surface area contributed by atoms with Crippen molar-refractivity contribution in [2.45, 2.75) is 51.5 Å². The van der Waals surface area contributed by atoms with Gasteiger partial charge in [-0.1, -0.05) is 12.5 Å². The fraction of sp³-hybridized carbons (Fsp3) is 0.632. The summed E-state index contributed by atoms with van der Waals surface area (Å²) in [6, 6.07) is 4.25. The predicted molar refractivity (Wildman–Crippen MR) is 92.3 cm³/mol. The lowest BCUT2D eigenvalue weighted by atomic mass is 9.88. The van der Waals surface area contributed by atoms with Gasteiger partial charge >= 0.3 is 0 Å². The molecule has 0 bridgehead atoms. The fourth-order valence-corrected chi connectivity index (χ4v) is 4.10. The lowest BCUT2D eigenvalue weighted by Crippen LogP contribution is -2.53. The lowest BCUT2D eigenvalue weighted by Gasteiger charge is -2.42. The van der Waals surface area contributed by atoms with Crippen molar-refractivity contribution in [2.24, 2.45) is 5.92 Å². The molecule has 24 heavy (non-hydrogen) atoms. The Hall–Kier alpha value is -1.91. The number of hydrogen-bond acceptors (Lipinski definition) is 3. The van der Waals surface area contributed by atoms with Gasteiger partial charge in [0.2, 0.25) is 11.8 Å². The number of piperidine rings is 1. The SMILES string of the molecule is CC(=O)N1CC[C@@H]2[C@H](CCCCN2C(=O)CCc2cccnc2)C1. The molecule has 130 valence electrons. The second-order valence-electron chi connectivity index (χ2n) is 7.03. The largest absolute Gasteiger partial charge is 0.343 e. The smallest absolute Gasteiger partial charge is 0.223 e. The van der Waals surface area contributed by atoms with Gasteiger partial charge in [-0.15, -0.1) is 0 Å². The highest BCUT2D eigenvalue weighted by atomic mass is 16.2. The molecular formula is C19H27N3O2. The quantitative estimate of drug-likeness (QED) is 0.855. The van der Waals surface area contributed by atoms with Crippen LogP contribution in [-0.4, -0.2) is 52.3 Å². The summed E-state index contributed by atoms with van der Waals surface area (Å²) in [6.45, 7) is 4.11. The van der Waals surface area contributed by atoms with Crippen molar-refractivity contribution in [3.05, 3.63) is 30.1 Å². The fourth-order valence-electron chi connectivity index (χ4n) is 4.10. The first-order valence-electron chi connectivity index (χ1n) is 9.09. The van der Waals surface area contributed by atoms with Gasteiger partial charge in [-0.25, -0.2) is 0 Å². The Balaban J connectivity index is 1.63. The van der Waals surface area contributed by atoms with Crippen molar-refractivity contribution in [2.75, 3.05) is 19.6 Å². The predicted octanol–water partition coefficient (Wildman–Crippen LogP) is 2.26. The Morgan fingerprint density at radius 1 is 1.25 bits per heavy atom. The van der Waals surface area contributed by atoms with Gasteiger partial charge in [0.1, 0.15) is 0 Å². The molecule has 0 saturated carbocycles. The highest BCUT2D eigenvalue weighted by Gasteiger charge is 2.37. The minimum Gasteiger partial charge on any atom is -0.343 e. The zero-order chi connectivity index (χ0) is 16.9. The molecule has 3 heterocycles. The molecule has 2 fully saturated rings. The van der Waals surface area contributed by atoms with E-state index in [1.54, 1.807) is 13.1 Å². The van der Waals surface area contributed by atoms with Gasteiger partial charge in [-0.05, 0) is 43.2 Å². The van der Waals surface area contributed by atoms with E-state index in [9.17, 15) is 9.59 Å². The molecule has 5 nitrogen and oxygen atoms in total. The molecule has 0 spiro atoms. The van der Waals surface area contributed by atoms with E-state index in [2.05, 4.69) is 9.88 Å². The van der Waals surface area contributed by atoms with Gasteiger partial charge in [0.05, 0.1) is 0 Å². The number of fused-ring (bicyclic) bond motifs is 1. The molecule has 0 unspecified atom stereocenters. The minimum atomic E-state index is 0.159. The van der Waals surface area contributed by atoms with Crippen LogP contribution in [0.3, 0.4) is 0 Å². The van der Waals surface area contributed by atoms with Crippen molar-refractivity contribution in [3.8, 4) is 0 Å². The van der Waals surface area contributed by atoms with Crippen LogP contribution in [0, 0.1) is 5.92 Å². The topological polar surface area (TPSA) is 53.5 Å². The molecule has 0 aliphatic carbocycles. The van der Waals surface area contributed by atoms with E-state index in [0.29, 0.717) is 18.4 Å². The van der Waals surface area contributed by atoms with Gasteiger partial charge in [0, 0.05) is 51.4 Å². The van der Waals surface area contributed by atoms with Crippen molar-refractivity contribution in [3.63, 3.8) is 0 Å². The summed E-state index contributed by atoms with van der Waals surface area (Å²) in [4.78, 5) is 32.7. The van der Waals surface area contributed by atoms with Gasteiger partial charge < -0.3 is 9.80 Å². The third kappa shape index (κ3) is 3.94. The van der Waals surface area contributed by atoms with Crippen LogP contribution in [0.25, 0.3) is 0 Å². The Kier molecular flexibility index (Phi) is 5.48. The maximum atomic E-state index is 12.8. The summed E-state index contributed by atoms with van der Waals surface area (Å²) in [6.07, 6.45) is 9.16. The molecule has 0 N–H and O–H groups in total. The number of nitrogens with zero attached hydrogens (tertiary/aromatic N) is 3. The average Bonchev–Trinajstić information content (AvgIpc) is 2.82. The molecule has 3 rings (SSSR count). The first kappa shape index (κ1) is 16.9. The van der Waals surface area contributed by atoms with Crippen LogP contribution in [0.2, 0.25) is 0 Å². The summed E-state index contributed by atoms with van der Waals surface area (Å²) in [7, 11) is 0. The maximum absolute atomic E-state index is 12.8. The molecule has 0 radical (unpaired) electrons. The number of pyridine rings is 1. The lowest BCUT2D eigenvalue weighted by molar-refractivity contribution is -0.137. The van der Waals surface area contributed by atoms with E-state index >= 15 is 0 Å². The molecule has 5 heteroatoms. The Morgan fingerprint density at radius 3 is 2.88 bits per heavy atom. The normalized spacial score (nSPS) is 24.2. The number of aromatic nitrogens is 1. The zero-order valence-corrected chi connectivity index (χ0v) is 14.5. The third-order valence-electron chi connectivity index (χ3n) is 5.43. The summed E-state index contributed by atoms with van der Waals surface area (Å²) < 4.78 is 0. The molecule has 2 saturated heterocycles. The molecule has 1 aromatic rings. The highest BCUT2D eigenvalue weighted by molar-refractivity contribution is 5.77. The first-order chi connectivity index (χ1) is 11.6. The standard InChI is InChI=1S/C19H27N3O2/c1-15(23)21-12-9-18-17(14-21)6-2-3-11-22(18)19(24)8-7-16-5-4-10-20-13-16/h4-5,10,13,17-18H,2-3,6-9,11-12,14H2,1H3/t17-,18-/m1/s1. The van der Waals surface area contributed by atoms with E-state index in [-0.39, 0.29) is 11.8 Å². The van der Waals surface area contributed by atoms with E-state index in [1.807, 2.05) is 23.2 Å². The highest BCUT2D eigenvalue weighted by Crippen LogP contribution is 2.30. The van der Waals surface area contributed by atoms with E-state index in [4.69, 9.17) is 0 Å². The molecule has 2 atom stereocenters. The zero-order valence-electron chi connectivity index (χ0n) is 14.5. The number of hydrogen-bond donors (Lipinski definition) is 0. The Bertz CT molecular complexity index is 575. The monoisotopic (exact) mass is 329 g/mol. The number of aryl methyl sites for hydroxylation is 1. The van der Waals surface area contributed by atoms with Crippen LogP contribution in [0.15, 0.2) is 24.5 Å². The maximum Gasteiger partial charge on any atom is 0.223 e. The van der Waals surface area contributed by atoms with Crippen LogP contribution in [-0.2, 0) is 16.0 Å². The van der Waals surface area contributed by atoms with E-state index in [0.717, 1.165) is 57.3 Å². The van der Waals surface area contributed by atoms with Gasteiger partial charge in [0.15, 0.2) is 0 Å². The van der Waals surface area contributed by atoms with Crippen molar-refractivity contribution >= 4 is 11.8 Å². The number of carbonyl (C=O) groups is 2. The summed E-state index contributed by atoms with van der Waals surface area (Å²) in [5.74, 6) is 0.853. The van der Waals surface area contributed by atoms with E-state index < -0.39 is 0 Å².